The van der Waals surface area contributed by atoms with Crippen molar-refractivity contribution in [2.75, 3.05) is 0 Å². The topological polar surface area (TPSA) is 26.3 Å². The second-order valence-electron chi connectivity index (χ2n) is 3.72. The Kier molecular flexibility index (Phi) is 2.97. The van der Waals surface area contributed by atoms with Crippen molar-refractivity contribution >= 4 is 23.6 Å². The van der Waals surface area contributed by atoms with Gasteiger partial charge in [0.05, 0.1) is 5.02 Å². The lowest BCUT2D eigenvalue weighted by Crippen LogP contribution is -1.99. The highest BCUT2D eigenvalue weighted by molar-refractivity contribution is 6.32. The second kappa shape index (κ2) is 4.26. The Labute approximate surface area is 97.7 Å². The van der Waals surface area contributed by atoms with E-state index in [0.717, 1.165) is 0 Å². The summed E-state index contributed by atoms with van der Waals surface area (Å²) in [6, 6.07) is 4.41. The van der Waals surface area contributed by atoms with E-state index in [-0.39, 0.29) is 11.7 Å². The van der Waals surface area contributed by atoms with E-state index in [4.69, 9.17) is 16.3 Å². The summed E-state index contributed by atoms with van der Waals surface area (Å²) < 4.78 is 18.4. The number of cyclic esters (lactones) is 1. The van der Waals surface area contributed by atoms with Gasteiger partial charge in [0.1, 0.15) is 11.9 Å². The standard InChI is InChI=1S/C12H10ClFO2/c1-7-5-8(12(15)16-7)6-9-10(13)3-2-4-11(9)14/h2-4,6-7H,5H2,1H3. The van der Waals surface area contributed by atoms with Gasteiger partial charge in [0.15, 0.2) is 0 Å². The van der Waals surface area contributed by atoms with Crippen molar-refractivity contribution in [2.45, 2.75) is 19.4 Å². The first-order valence-corrected chi connectivity index (χ1v) is 5.31. The fraction of sp³-hybridized carbons (Fsp3) is 0.250. The van der Waals surface area contributed by atoms with Crippen molar-refractivity contribution in [1.29, 1.82) is 0 Å². The lowest BCUT2D eigenvalue weighted by atomic mass is 10.1. The fourth-order valence-electron chi connectivity index (χ4n) is 1.63. The van der Waals surface area contributed by atoms with Crippen LogP contribution in [0.25, 0.3) is 6.08 Å². The summed E-state index contributed by atoms with van der Waals surface area (Å²) in [5, 5.41) is 0.292. The van der Waals surface area contributed by atoms with Crippen LogP contribution in [-0.2, 0) is 9.53 Å². The molecule has 1 saturated heterocycles. The van der Waals surface area contributed by atoms with Crippen LogP contribution in [0.5, 0.6) is 0 Å². The maximum atomic E-state index is 13.4. The predicted octanol–water partition coefficient (Wildman–Crippen LogP) is 3.20. The molecule has 1 aliphatic rings. The van der Waals surface area contributed by atoms with E-state index >= 15 is 0 Å². The summed E-state index contributed by atoms with van der Waals surface area (Å²) in [5.41, 5.74) is 0.699. The van der Waals surface area contributed by atoms with E-state index in [0.29, 0.717) is 17.0 Å². The minimum absolute atomic E-state index is 0.149. The number of rotatable bonds is 1. The molecule has 2 nitrogen and oxygen atoms in total. The van der Waals surface area contributed by atoms with Gasteiger partial charge in [0.25, 0.3) is 0 Å². The molecule has 1 aromatic rings. The van der Waals surface area contributed by atoms with Gasteiger partial charge in [-0.05, 0) is 25.1 Å². The molecule has 1 fully saturated rings. The van der Waals surface area contributed by atoms with Crippen LogP contribution in [0, 0.1) is 5.82 Å². The van der Waals surface area contributed by atoms with Gasteiger partial charge in [-0.2, -0.15) is 0 Å². The van der Waals surface area contributed by atoms with Crippen LogP contribution in [0.2, 0.25) is 5.02 Å². The summed E-state index contributed by atoms with van der Waals surface area (Å²) in [6.45, 7) is 1.79. The third-order valence-corrected chi connectivity index (χ3v) is 2.73. The zero-order valence-electron chi connectivity index (χ0n) is 8.67. The normalized spacial score (nSPS) is 22.6. The number of carbonyl (C=O) groups excluding carboxylic acids is 1. The van der Waals surface area contributed by atoms with Crippen molar-refractivity contribution in [2.24, 2.45) is 0 Å². The van der Waals surface area contributed by atoms with Gasteiger partial charge >= 0.3 is 5.97 Å². The molecule has 0 spiro atoms. The minimum atomic E-state index is -0.438. The number of ether oxygens (including phenoxy) is 1. The zero-order valence-corrected chi connectivity index (χ0v) is 9.42. The number of hydrogen-bond acceptors (Lipinski definition) is 2. The molecular weight excluding hydrogens is 231 g/mol. The molecule has 84 valence electrons. The maximum absolute atomic E-state index is 13.4. The summed E-state index contributed by atoms with van der Waals surface area (Å²) in [7, 11) is 0. The van der Waals surface area contributed by atoms with E-state index in [2.05, 4.69) is 0 Å². The molecule has 0 saturated carbocycles. The molecule has 0 N–H and O–H groups in total. The molecule has 0 radical (unpaired) electrons. The second-order valence-corrected chi connectivity index (χ2v) is 4.13. The van der Waals surface area contributed by atoms with E-state index in [1.54, 1.807) is 13.0 Å². The number of halogens is 2. The predicted molar refractivity (Wildman–Crippen MR) is 59.6 cm³/mol. The number of benzene rings is 1. The van der Waals surface area contributed by atoms with Crippen molar-refractivity contribution < 1.29 is 13.9 Å². The van der Waals surface area contributed by atoms with Crippen LogP contribution in [0.15, 0.2) is 23.8 Å². The van der Waals surface area contributed by atoms with Crippen LogP contribution in [0.3, 0.4) is 0 Å². The van der Waals surface area contributed by atoms with Crippen LogP contribution < -0.4 is 0 Å². The molecule has 2 rings (SSSR count). The van der Waals surface area contributed by atoms with Crippen molar-refractivity contribution in [3.05, 3.63) is 40.2 Å². The molecule has 1 atom stereocenters. The Hall–Kier alpha value is -1.35. The number of hydrogen-bond donors (Lipinski definition) is 0. The highest BCUT2D eigenvalue weighted by Gasteiger charge is 2.25. The molecule has 1 heterocycles. The summed E-state index contributed by atoms with van der Waals surface area (Å²) in [5.74, 6) is -0.834. The number of esters is 1. The van der Waals surface area contributed by atoms with Crippen LogP contribution in [-0.4, -0.2) is 12.1 Å². The first kappa shape index (κ1) is 11.1. The Morgan fingerprint density at radius 2 is 2.31 bits per heavy atom. The molecule has 4 heteroatoms. The van der Waals surface area contributed by atoms with Crippen molar-refractivity contribution in [1.82, 2.24) is 0 Å². The van der Waals surface area contributed by atoms with Crippen molar-refractivity contribution in [3.63, 3.8) is 0 Å². The molecule has 0 aromatic heterocycles. The van der Waals surface area contributed by atoms with Gasteiger partial charge in [0.2, 0.25) is 0 Å². The first-order chi connectivity index (χ1) is 7.58. The third kappa shape index (κ3) is 2.09. The van der Waals surface area contributed by atoms with Gasteiger partial charge in [-0.25, -0.2) is 9.18 Å². The Balaban J connectivity index is 2.40. The Bertz CT molecular complexity index is 448. The molecule has 0 aliphatic carbocycles. The van der Waals surface area contributed by atoms with Gasteiger partial charge in [-0.15, -0.1) is 0 Å². The number of carbonyl (C=O) groups is 1. The lowest BCUT2D eigenvalue weighted by Gasteiger charge is -2.00. The van der Waals surface area contributed by atoms with E-state index in [9.17, 15) is 9.18 Å². The third-order valence-electron chi connectivity index (χ3n) is 2.40. The summed E-state index contributed by atoms with van der Waals surface area (Å²) in [6.07, 6.45) is 1.80. The van der Waals surface area contributed by atoms with Crippen LogP contribution in [0.4, 0.5) is 4.39 Å². The smallest absolute Gasteiger partial charge is 0.334 e. The van der Waals surface area contributed by atoms with E-state index < -0.39 is 11.8 Å². The molecule has 1 aromatic carbocycles. The van der Waals surface area contributed by atoms with Crippen molar-refractivity contribution in [3.8, 4) is 0 Å². The molecule has 1 unspecified atom stereocenters. The van der Waals surface area contributed by atoms with E-state index in [1.807, 2.05) is 0 Å². The van der Waals surface area contributed by atoms with E-state index in [1.165, 1.54) is 18.2 Å². The maximum Gasteiger partial charge on any atom is 0.334 e. The molecule has 1 aliphatic heterocycles. The van der Waals surface area contributed by atoms with Gasteiger partial charge in [-0.1, -0.05) is 17.7 Å². The quantitative estimate of drug-likeness (QED) is 0.557. The minimum Gasteiger partial charge on any atom is -0.459 e. The SMILES string of the molecule is CC1CC(=Cc2c(F)cccc2Cl)C(=O)O1. The summed E-state index contributed by atoms with van der Waals surface area (Å²) >= 11 is 5.86. The average Bonchev–Trinajstić information content (AvgIpc) is 2.51. The highest BCUT2D eigenvalue weighted by atomic mass is 35.5. The van der Waals surface area contributed by atoms with Crippen LogP contribution >= 0.6 is 11.6 Å². The van der Waals surface area contributed by atoms with Gasteiger partial charge in [-0.3, -0.25) is 0 Å². The molecule has 0 amide bonds. The molecule has 0 bridgehead atoms. The monoisotopic (exact) mass is 240 g/mol. The Morgan fingerprint density at radius 1 is 1.56 bits per heavy atom. The van der Waals surface area contributed by atoms with Gasteiger partial charge < -0.3 is 4.74 Å². The Morgan fingerprint density at radius 3 is 2.88 bits per heavy atom. The first-order valence-electron chi connectivity index (χ1n) is 4.93. The van der Waals surface area contributed by atoms with Gasteiger partial charge in [0, 0.05) is 17.6 Å². The molecule has 16 heavy (non-hydrogen) atoms. The van der Waals surface area contributed by atoms with Crippen LogP contribution in [0.1, 0.15) is 18.9 Å². The summed E-state index contributed by atoms with van der Waals surface area (Å²) in [4.78, 5) is 11.4. The average molecular weight is 241 g/mol. The lowest BCUT2D eigenvalue weighted by molar-refractivity contribution is -0.138. The fourth-order valence-corrected chi connectivity index (χ4v) is 1.85. The zero-order chi connectivity index (χ0) is 11.7. The highest BCUT2D eigenvalue weighted by Crippen LogP contribution is 2.27. The largest absolute Gasteiger partial charge is 0.459 e. The molecular formula is C12H10ClFO2.